The van der Waals surface area contributed by atoms with Gasteiger partial charge in [-0.3, -0.25) is 4.79 Å². The molecule has 0 spiro atoms. The molecule has 0 aromatic carbocycles. The molecule has 0 atom stereocenters. The quantitative estimate of drug-likeness (QED) is 0.771. The normalized spacial score (nSPS) is 15.7. The maximum absolute atomic E-state index is 12.8. The number of aromatic nitrogens is 1. The van der Waals surface area contributed by atoms with Crippen LogP contribution in [0.4, 0.5) is 19.0 Å². The maximum atomic E-state index is 12.8. The Labute approximate surface area is 160 Å². The summed E-state index contributed by atoms with van der Waals surface area (Å²) in [4.78, 5) is 22.5. The standard InChI is InChI=1S/C19H22F3N3OS/c1-3-14-11-16(27-13(14)2)18(26)25-8-4-7-24(9-10-25)17-6-5-15(12-23-17)19(20,21)22/h5-6,11-12H,3-4,7-10H2,1-2H3. The summed E-state index contributed by atoms with van der Waals surface area (Å²) in [5.41, 5.74) is 0.450. The van der Waals surface area contributed by atoms with Crippen LogP contribution in [0.1, 0.15) is 39.0 Å². The summed E-state index contributed by atoms with van der Waals surface area (Å²) < 4.78 is 38.1. The largest absolute Gasteiger partial charge is 0.417 e. The number of carbonyl (C=O) groups is 1. The number of alkyl halides is 3. The first-order valence-corrected chi connectivity index (χ1v) is 9.78. The molecule has 27 heavy (non-hydrogen) atoms. The first kappa shape index (κ1) is 19.7. The molecule has 2 aromatic rings. The lowest BCUT2D eigenvalue weighted by atomic mass is 10.2. The van der Waals surface area contributed by atoms with Crippen molar-refractivity contribution in [3.05, 3.63) is 45.3 Å². The summed E-state index contributed by atoms with van der Waals surface area (Å²) in [5.74, 6) is 0.544. The van der Waals surface area contributed by atoms with Crippen LogP contribution >= 0.6 is 11.3 Å². The molecule has 3 rings (SSSR count). The van der Waals surface area contributed by atoms with E-state index in [4.69, 9.17) is 0 Å². The Bertz CT molecular complexity index is 802. The van der Waals surface area contributed by atoms with E-state index >= 15 is 0 Å². The highest BCUT2D eigenvalue weighted by Gasteiger charge is 2.31. The molecule has 0 N–H and O–H groups in total. The Hall–Kier alpha value is -2.09. The molecule has 2 aromatic heterocycles. The number of aryl methyl sites for hydroxylation is 2. The van der Waals surface area contributed by atoms with Crippen LogP contribution < -0.4 is 4.90 Å². The molecule has 0 radical (unpaired) electrons. The SMILES string of the molecule is CCc1cc(C(=O)N2CCCN(c3ccc(C(F)(F)F)cn3)CC2)sc1C. The minimum absolute atomic E-state index is 0.0324. The third kappa shape index (κ3) is 4.43. The summed E-state index contributed by atoms with van der Waals surface area (Å²) in [6, 6.07) is 4.43. The summed E-state index contributed by atoms with van der Waals surface area (Å²) in [7, 11) is 0. The molecule has 0 saturated carbocycles. The van der Waals surface area contributed by atoms with Gasteiger partial charge in [0.25, 0.3) is 5.91 Å². The minimum Gasteiger partial charge on any atom is -0.355 e. The molecular weight excluding hydrogens is 375 g/mol. The molecule has 3 heterocycles. The summed E-state index contributed by atoms with van der Waals surface area (Å²) in [6.07, 6.45) is -1.87. The second kappa shape index (κ2) is 7.88. The molecular formula is C19H22F3N3OS. The van der Waals surface area contributed by atoms with Crippen LogP contribution in [0.3, 0.4) is 0 Å². The zero-order valence-electron chi connectivity index (χ0n) is 15.3. The van der Waals surface area contributed by atoms with Crippen molar-refractivity contribution in [2.45, 2.75) is 32.9 Å². The molecule has 0 bridgehead atoms. The molecule has 8 heteroatoms. The van der Waals surface area contributed by atoms with Gasteiger partial charge >= 0.3 is 6.18 Å². The average Bonchev–Trinajstić information content (AvgIpc) is 2.86. The zero-order valence-corrected chi connectivity index (χ0v) is 16.2. The lowest BCUT2D eigenvalue weighted by molar-refractivity contribution is -0.137. The summed E-state index contributed by atoms with van der Waals surface area (Å²) in [6.45, 7) is 6.47. The van der Waals surface area contributed by atoms with Gasteiger partial charge < -0.3 is 9.80 Å². The van der Waals surface area contributed by atoms with Gasteiger partial charge in [0.2, 0.25) is 0 Å². The number of carbonyl (C=O) groups excluding carboxylic acids is 1. The molecule has 0 unspecified atom stereocenters. The zero-order chi connectivity index (χ0) is 19.6. The number of rotatable bonds is 3. The van der Waals surface area contributed by atoms with E-state index in [1.54, 1.807) is 0 Å². The monoisotopic (exact) mass is 397 g/mol. The van der Waals surface area contributed by atoms with Gasteiger partial charge in [0.15, 0.2) is 0 Å². The van der Waals surface area contributed by atoms with Gasteiger partial charge in [-0.25, -0.2) is 4.98 Å². The number of nitrogens with zero attached hydrogens (tertiary/aromatic N) is 3. The van der Waals surface area contributed by atoms with E-state index in [1.807, 2.05) is 22.8 Å². The Morgan fingerprint density at radius 3 is 2.59 bits per heavy atom. The first-order chi connectivity index (χ1) is 12.8. The number of amides is 1. The number of anilines is 1. The second-order valence-corrected chi connectivity index (χ2v) is 7.84. The predicted molar refractivity (Wildman–Crippen MR) is 100 cm³/mol. The van der Waals surface area contributed by atoms with Gasteiger partial charge in [0.1, 0.15) is 5.82 Å². The van der Waals surface area contributed by atoms with Crippen LogP contribution in [-0.4, -0.2) is 42.0 Å². The lowest BCUT2D eigenvalue weighted by Crippen LogP contribution is -2.35. The third-order valence-electron chi connectivity index (χ3n) is 4.79. The molecule has 1 aliphatic rings. The smallest absolute Gasteiger partial charge is 0.355 e. The Morgan fingerprint density at radius 2 is 2.00 bits per heavy atom. The van der Waals surface area contributed by atoms with Crippen molar-refractivity contribution in [2.75, 3.05) is 31.1 Å². The highest BCUT2D eigenvalue weighted by atomic mass is 32.1. The van der Waals surface area contributed by atoms with E-state index in [0.717, 1.165) is 30.0 Å². The van der Waals surface area contributed by atoms with Gasteiger partial charge in [-0.1, -0.05) is 6.92 Å². The third-order valence-corrected chi connectivity index (χ3v) is 5.88. The van der Waals surface area contributed by atoms with Crippen LogP contribution in [0.25, 0.3) is 0 Å². The number of pyridine rings is 1. The van der Waals surface area contributed by atoms with E-state index in [-0.39, 0.29) is 5.91 Å². The van der Waals surface area contributed by atoms with Gasteiger partial charge in [0, 0.05) is 37.3 Å². The maximum Gasteiger partial charge on any atom is 0.417 e. The first-order valence-electron chi connectivity index (χ1n) is 8.96. The molecule has 146 valence electrons. The fourth-order valence-corrected chi connectivity index (χ4v) is 4.30. The topological polar surface area (TPSA) is 36.4 Å². The van der Waals surface area contributed by atoms with E-state index in [9.17, 15) is 18.0 Å². The Kier molecular flexibility index (Phi) is 5.74. The van der Waals surface area contributed by atoms with Crippen molar-refractivity contribution in [1.29, 1.82) is 0 Å². The van der Waals surface area contributed by atoms with Crippen molar-refractivity contribution < 1.29 is 18.0 Å². The molecule has 1 aliphatic heterocycles. The Morgan fingerprint density at radius 1 is 1.22 bits per heavy atom. The van der Waals surface area contributed by atoms with E-state index in [2.05, 4.69) is 11.9 Å². The molecule has 0 aliphatic carbocycles. The van der Waals surface area contributed by atoms with Crippen LogP contribution in [-0.2, 0) is 12.6 Å². The molecule has 1 saturated heterocycles. The van der Waals surface area contributed by atoms with Gasteiger partial charge in [-0.15, -0.1) is 11.3 Å². The van der Waals surface area contributed by atoms with E-state index in [1.165, 1.54) is 27.8 Å². The van der Waals surface area contributed by atoms with Crippen molar-refractivity contribution in [1.82, 2.24) is 9.88 Å². The van der Waals surface area contributed by atoms with Crippen molar-refractivity contribution in [2.24, 2.45) is 0 Å². The Balaban J connectivity index is 1.67. The fourth-order valence-electron chi connectivity index (χ4n) is 3.22. The van der Waals surface area contributed by atoms with Crippen LogP contribution in [0, 0.1) is 6.92 Å². The lowest BCUT2D eigenvalue weighted by Gasteiger charge is -2.23. The fraction of sp³-hybridized carbons (Fsp3) is 0.474. The van der Waals surface area contributed by atoms with Crippen molar-refractivity contribution in [3.63, 3.8) is 0 Å². The summed E-state index contributed by atoms with van der Waals surface area (Å²) >= 11 is 1.52. The van der Waals surface area contributed by atoms with E-state index in [0.29, 0.717) is 32.0 Å². The molecule has 4 nitrogen and oxygen atoms in total. The van der Waals surface area contributed by atoms with Crippen molar-refractivity contribution >= 4 is 23.1 Å². The summed E-state index contributed by atoms with van der Waals surface area (Å²) in [5, 5.41) is 0. The van der Waals surface area contributed by atoms with Crippen molar-refractivity contribution in [3.8, 4) is 0 Å². The van der Waals surface area contributed by atoms with Gasteiger partial charge in [-0.05, 0) is 43.5 Å². The predicted octanol–water partition coefficient (Wildman–Crippen LogP) is 4.39. The highest BCUT2D eigenvalue weighted by Crippen LogP contribution is 2.29. The molecule has 1 fully saturated rings. The van der Waals surface area contributed by atoms with E-state index < -0.39 is 11.7 Å². The van der Waals surface area contributed by atoms with Crippen LogP contribution in [0.2, 0.25) is 0 Å². The van der Waals surface area contributed by atoms with Crippen LogP contribution in [0.15, 0.2) is 24.4 Å². The second-order valence-electron chi connectivity index (χ2n) is 6.58. The molecule has 1 amide bonds. The van der Waals surface area contributed by atoms with Crippen LogP contribution in [0.5, 0.6) is 0 Å². The number of hydrogen-bond donors (Lipinski definition) is 0. The number of halogens is 3. The number of hydrogen-bond acceptors (Lipinski definition) is 4. The van der Waals surface area contributed by atoms with Gasteiger partial charge in [0.05, 0.1) is 10.4 Å². The van der Waals surface area contributed by atoms with Gasteiger partial charge in [-0.2, -0.15) is 13.2 Å². The number of thiophene rings is 1. The average molecular weight is 397 g/mol. The highest BCUT2D eigenvalue weighted by molar-refractivity contribution is 7.14. The minimum atomic E-state index is -4.39.